The zero-order valence-electron chi connectivity index (χ0n) is 9.12. The van der Waals surface area contributed by atoms with Crippen LogP contribution in [-0.4, -0.2) is 41.6 Å². The van der Waals surface area contributed by atoms with E-state index in [2.05, 4.69) is 0 Å². The van der Waals surface area contributed by atoms with Gasteiger partial charge in [0, 0.05) is 12.6 Å². The molecule has 1 saturated heterocycles. The number of aliphatic carboxylic acids is 1. The molecule has 0 aromatic rings. The fourth-order valence-electron chi connectivity index (χ4n) is 1.87. The molecular formula is C9H14N2O4S. The van der Waals surface area contributed by atoms with E-state index in [1.807, 2.05) is 0 Å². The van der Waals surface area contributed by atoms with Crippen molar-refractivity contribution in [2.45, 2.75) is 31.6 Å². The van der Waals surface area contributed by atoms with Crippen molar-refractivity contribution in [1.82, 2.24) is 4.31 Å². The second-order valence-electron chi connectivity index (χ2n) is 3.90. The van der Waals surface area contributed by atoms with Crippen LogP contribution in [0.15, 0.2) is 0 Å². The van der Waals surface area contributed by atoms with Crippen LogP contribution in [0, 0.1) is 17.2 Å². The van der Waals surface area contributed by atoms with Crippen molar-refractivity contribution in [2.75, 3.05) is 6.54 Å². The maximum atomic E-state index is 11.9. The van der Waals surface area contributed by atoms with Gasteiger partial charge in [-0.1, -0.05) is 0 Å². The molecule has 0 saturated carbocycles. The van der Waals surface area contributed by atoms with Crippen LogP contribution in [0.2, 0.25) is 0 Å². The smallest absolute Gasteiger partial charge is 0.308 e. The molecule has 0 aromatic heterocycles. The van der Waals surface area contributed by atoms with Gasteiger partial charge in [0.15, 0.2) is 5.25 Å². The summed E-state index contributed by atoms with van der Waals surface area (Å²) < 4.78 is 24.8. The lowest BCUT2D eigenvalue weighted by Gasteiger charge is -2.23. The molecule has 3 unspecified atom stereocenters. The van der Waals surface area contributed by atoms with Crippen LogP contribution in [0.25, 0.3) is 0 Å². The van der Waals surface area contributed by atoms with Gasteiger partial charge in [-0.25, -0.2) is 8.42 Å². The molecule has 7 heteroatoms. The molecule has 0 aromatic carbocycles. The molecule has 1 aliphatic rings. The highest BCUT2D eigenvalue weighted by molar-refractivity contribution is 7.90. The molecule has 6 nitrogen and oxygen atoms in total. The molecule has 1 N–H and O–H groups in total. The summed E-state index contributed by atoms with van der Waals surface area (Å²) in [5, 5.41) is 16.4. The summed E-state index contributed by atoms with van der Waals surface area (Å²) in [4.78, 5) is 10.8. The zero-order valence-corrected chi connectivity index (χ0v) is 9.94. The number of rotatable bonds is 3. The van der Waals surface area contributed by atoms with Gasteiger partial charge in [0.05, 0.1) is 12.0 Å². The van der Waals surface area contributed by atoms with E-state index < -0.39 is 33.2 Å². The van der Waals surface area contributed by atoms with Gasteiger partial charge in [-0.05, 0) is 20.3 Å². The maximum Gasteiger partial charge on any atom is 0.308 e. The SMILES string of the molecule is CC1C(C(=O)O)CCN1S(=O)(=O)C(C)C#N. The van der Waals surface area contributed by atoms with Gasteiger partial charge in [0.25, 0.3) is 0 Å². The van der Waals surface area contributed by atoms with Crippen molar-refractivity contribution in [2.24, 2.45) is 5.92 Å². The Labute approximate surface area is 94.5 Å². The Morgan fingerprint density at radius 1 is 1.62 bits per heavy atom. The van der Waals surface area contributed by atoms with Crippen LogP contribution in [0.3, 0.4) is 0 Å². The molecule has 0 spiro atoms. The average molecular weight is 246 g/mol. The number of hydrogen-bond donors (Lipinski definition) is 1. The highest BCUT2D eigenvalue weighted by Gasteiger charge is 2.43. The fraction of sp³-hybridized carbons (Fsp3) is 0.778. The van der Waals surface area contributed by atoms with E-state index in [1.165, 1.54) is 6.92 Å². The first-order valence-electron chi connectivity index (χ1n) is 4.95. The maximum absolute atomic E-state index is 11.9. The largest absolute Gasteiger partial charge is 0.481 e. The lowest BCUT2D eigenvalue weighted by molar-refractivity contribution is -0.142. The highest BCUT2D eigenvalue weighted by Crippen LogP contribution is 2.28. The summed E-state index contributed by atoms with van der Waals surface area (Å²) in [6.07, 6.45) is 0.299. The Bertz CT molecular complexity index is 425. The minimum absolute atomic E-state index is 0.173. The van der Waals surface area contributed by atoms with Crippen LogP contribution >= 0.6 is 0 Å². The van der Waals surface area contributed by atoms with Gasteiger partial charge < -0.3 is 5.11 Å². The molecule has 0 bridgehead atoms. The van der Waals surface area contributed by atoms with Crippen molar-refractivity contribution in [3.05, 3.63) is 0 Å². The summed E-state index contributed by atoms with van der Waals surface area (Å²) in [6, 6.07) is 1.08. The van der Waals surface area contributed by atoms with E-state index in [0.717, 1.165) is 4.31 Å². The standard InChI is InChI=1S/C9H14N2O4S/c1-6(5-10)16(14,15)11-4-3-8(7(11)2)9(12)13/h6-8H,3-4H2,1-2H3,(H,12,13). The van der Waals surface area contributed by atoms with Gasteiger partial charge in [-0.15, -0.1) is 0 Å². The quantitative estimate of drug-likeness (QED) is 0.757. The molecule has 1 fully saturated rings. The van der Waals surface area contributed by atoms with Crippen molar-refractivity contribution in [3.63, 3.8) is 0 Å². The zero-order chi connectivity index (χ0) is 12.5. The van der Waals surface area contributed by atoms with Crippen LogP contribution in [0.4, 0.5) is 0 Å². The monoisotopic (exact) mass is 246 g/mol. The summed E-state index contributed by atoms with van der Waals surface area (Å²) in [6.45, 7) is 3.04. The van der Waals surface area contributed by atoms with Gasteiger partial charge in [-0.2, -0.15) is 9.57 Å². The highest BCUT2D eigenvalue weighted by atomic mass is 32.2. The van der Waals surface area contributed by atoms with Crippen molar-refractivity contribution in [3.8, 4) is 6.07 Å². The lowest BCUT2D eigenvalue weighted by Crippen LogP contribution is -2.41. The molecule has 90 valence electrons. The van der Waals surface area contributed by atoms with E-state index in [4.69, 9.17) is 10.4 Å². The molecule has 3 atom stereocenters. The molecule has 0 amide bonds. The molecule has 1 heterocycles. The summed E-state index contributed by atoms with van der Waals surface area (Å²) in [5.41, 5.74) is 0. The summed E-state index contributed by atoms with van der Waals surface area (Å²) in [7, 11) is -3.70. The Hall–Kier alpha value is -1.13. The number of carboxylic acids is 1. The van der Waals surface area contributed by atoms with E-state index in [9.17, 15) is 13.2 Å². The minimum atomic E-state index is -3.70. The fourth-order valence-corrected chi connectivity index (χ4v) is 3.38. The number of hydrogen-bond acceptors (Lipinski definition) is 4. The third-order valence-electron chi connectivity index (χ3n) is 2.97. The van der Waals surface area contributed by atoms with Gasteiger partial charge >= 0.3 is 5.97 Å². The van der Waals surface area contributed by atoms with E-state index in [1.54, 1.807) is 13.0 Å². The number of nitriles is 1. The van der Waals surface area contributed by atoms with Crippen molar-refractivity contribution >= 4 is 16.0 Å². The van der Waals surface area contributed by atoms with Gasteiger partial charge in [0.1, 0.15) is 0 Å². The predicted molar refractivity (Wildman–Crippen MR) is 55.9 cm³/mol. The summed E-state index contributed by atoms with van der Waals surface area (Å²) >= 11 is 0. The number of carbonyl (C=O) groups is 1. The predicted octanol–water partition coefficient (Wildman–Crippen LogP) is 0.0233. The number of carboxylic acid groups (broad SMARTS) is 1. The Morgan fingerprint density at radius 2 is 2.19 bits per heavy atom. The first-order valence-corrected chi connectivity index (χ1v) is 6.45. The van der Waals surface area contributed by atoms with E-state index in [-0.39, 0.29) is 6.54 Å². The molecule has 1 rings (SSSR count). The first kappa shape index (κ1) is 12.9. The lowest BCUT2D eigenvalue weighted by atomic mass is 10.0. The second-order valence-corrected chi connectivity index (χ2v) is 6.11. The number of sulfonamides is 1. The van der Waals surface area contributed by atoms with Crippen molar-refractivity contribution < 1.29 is 18.3 Å². The van der Waals surface area contributed by atoms with Gasteiger partial charge in [0.2, 0.25) is 10.0 Å². The third kappa shape index (κ3) is 2.03. The van der Waals surface area contributed by atoms with E-state index in [0.29, 0.717) is 6.42 Å². The van der Waals surface area contributed by atoms with Crippen LogP contribution in [-0.2, 0) is 14.8 Å². The topological polar surface area (TPSA) is 98.5 Å². The van der Waals surface area contributed by atoms with Gasteiger partial charge in [-0.3, -0.25) is 4.79 Å². The average Bonchev–Trinajstić information content (AvgIpc) is 2.59. The third-order valence-corrected chi connectivity index (χ3v) is 5.14. The molecule has 1 aliphatic heterocycles. The summed E-state index contributed by atoms with van der Waals surface area (Å²) in [5.74, 6) is -1.67. The van der Waals surface area contributed by atoms with Crippen molar-refractivity contribution in [1.29, 1.82) is 5.26 Å². The second kappa shape index (κ2) is 4.39. The van der Waals surface area contributed by atoms with E-state index >= 15 is 0 Å². The number of nitrogens with zero attached hydrogens (tertiary/aromatic N) is 2. The normalized spacial score (nSPS) is 28.6. The minimum Gasteiger partial charge on any atom is -0.481 e. The van der Waals surface area contributed by atoms with Crippen LogP contribution in [0.1, 0.15) is 20.3 Å². The molecule has 0 radical (unpaired) electrons. The van der Waals surface area contributed by atoms with Crippen LogP contribution in [0.5, 0.6) is 0 Å². The molecule has 0 aliphatic carbocycles. The van der Waals surface area contributed by atoms with Crippen LogP contribution < -0.4 is 0 Å². The Morgan fingerprint density at radius 3 is 2.56 bits per heavy atom. The molecular weight excluding hydrogens is 232 g/mol. The molecule has 16 heavy (non-hydrogen) atoms. The Balaban J connectivity index is 2.95. The Kier molecular flexibility index (Phi) is 3.55. The first-order chi connectivity index (χ1) is 7.32.